The molecular formula is C10H18N4. The van der Waals surface area contributed by atoms with Crippen LogP contribution in [0.25, 0.3) is 0 Å². The summed E-state index contributed by atoms with van der Waals surface area (Å²) in [6.07, 6.45) is 1.10. The van der Waals surface area contributed by atoms with E-state index in [2.05, 4.69) is 27.8 Å². The molecule has 1 aromatic heterocycles. The fraction of sp³-hybridized carbons (Fsp3) is 0.600. The van der Waals surface area contributed by atoms with Gasteiger partial charge >= 0.3 is 0 Å². The molecule has 0 amide bonds. The van der Waals surface area contributed by atoms with Crippen LogP contribution >= 0.6 is 0 Å². The van der Waals surface area contributed by atoms with Crippen molar-refractivity contribution in [2.75, 3.05) is 25.0 Å². The average Bonchev–Trinajstić information content (AvgIpc) is 2.21. The lowest BCUT2D eigenvalue weighted by Crippen LogP contribution is -2.17. The zero-order valence-corrected chi connectivity index (χ0v) is 8.88. The largest absolute Gasteiger partial charge is 0.369 e. The second-order valence-corrected chi connectivity index (χ2v) is 3.19. The van der Waals surface area contributed by atoms with Gasteiger partial charge < -0.3 is 10.6 Å². The summed E-state index contributed by atoms with van der Waals surface area (Å²) in [5.41, 5.74) is 0.947. The molecule has 0 bridgehead atoms. The first-order chi connectivity index (χ1) is 6.83. The van der Waals surface area contributed by atoms with E-state index in [1.807, 2.05) is 19.1 Å². The minimum absolute atomic E-state index is 0.854. The van der Waals surface area contributed by atoms with Crippen molar-refractivity contribution >= 4 is 5.82 Å². The lowest BCUT2D eigenvalue weighted by molar-refractivity contribution is 0.687. The summed E-state index contributed by atoms with van der Waals surface area (Å²) in [6.45, 7) is 7.05. The van der Waals surface area contributed by atoms with Crippen molar-refractivity contribution in [1.82, 2.24) is 15.5 Å². The quantitative estimate of drug-likeness (QED) is 0.668. The maximum Gasteiger partial charge on any atom is 0.148 e. The molecule has 0 atom stereocenters. The number of nitrogens with one attached hydrogen (secondary N) is 2. The predicted octanol–water partition coefficient (Wildman–Crippen LogP) is 1.20. The maximum absolute atomic E-state index is 4.01. The van der Waals surface area contributed by atoms with E-state index in [4.69, 9.17) is 0 Å². The van der Waals surface area contributed by atoms with Gasteiger partial charge in [-0.2, -0.15) is 5.10 Å². The first-order valence-electron chi connectivity index (χ1n) is 5.08. The Morgan fingerprint density at radius 2 is 2.07 bits per heavy atom. The van der Waals surface area contributed by atoms with Crippen molar-refractivity contribution in [2.24, 2.45) is 0 Å². The molecule has 1 heterocycles. The van der Waals surface area contributed by atoms with E-state index in [1.165, 1.54) is 0 Å². The summed E-state index contributed by atoms with van der Waals surface area (Å²) >= 11 is 0. The van der Waals surface area contributed by atoms with Gasteiger partial charge in [-0.1, -0.05) is 6.92 Å². The topological polar surface area (TPSA) is 49.8 Å². The van der Waals surface area contributed by atoms with E-state index in [0.29, 0.717) is 0 Å². The molecule has 0 saturated heterocycles. The number of hydrogen-bond acceptors (Lipinski definition) is 4. The van der Waals surface area contributed by atoms with Gasteiger partial charge in [0.25, 0.3) is 0 Å². The fourth-order valence-electron chi connectivity index (χ4n) is 1.10. The van der Waals surface area contributed by atoms with Crippen LogP contribution in [0.1, 0.15) is 19.0 Å². The highest BCUT2D eigenvalue weighted by Crippen LogP contribution is 2.00. The lowest BCUT2D eigenvalue weighted by Gasteiger charge is -2.04. The van der Waals surface area contributed by atoms with E-state index in [9.17, 15) is 0 Å². The Bertz CT molecular complexity index is 245. The van der Waals surface area contributed by atoms with Crippen LogP contribution in [0.15, 0.2) is 12.1 Å². The van der Waals surface area contributed by atoms with Gasteiger partial charge in [-0.25, -0.2) is 0 Å². The fourth-order valence-corrected chi connectivity index (χ4v) is 1.10. The Labute approximate surface area is 85.1 Å². The van der Waals surface area contributed by atoms with E-state index in [1.54, 1.807) is 0 Å². The smallest absolute Gasteiger partial charge is 0.148 e. The standard InChI is InChI=1S/C10H18N4/c1-3-11-7-4-8-12-10-6-5-9(2)13-14-10/h5-6,11H,3-4,7-8H2,1-2H3,(H,12,14). The van der Waals surface area contributed by atoms with Crippen LogP contribution in [-0.4, -0.2) is 29.8 Å². The first-order valence-corrected chi connectivity index (χ1v) is 5.08. The second kappa shape index (κ2) is 6.32. The molecular weight excluding hydrogens is 176 g/mol. The molecule has 1 rings (SSSR count). The summed E-state index contributed by atoms with van der Waals surface area (Å²) in [4.78, 5) is 0. The highest BCUT2D eigenvalue weighted by Gasteiger charge is 1.92. The monoisotopic (exact) mass is 194 g/mol. The van der Waals surface area contributed by atoms with Crippen molar-refractivity contribution in [3.05, 3.63) is 17.8 Å². The summed E-state index contributed by atoms with van der Waals surface area (Å²) in [5, 5.41) is 14.5. The van der Waals surface area contributed by atoms with Crippen LogP contribution in [-0.2, 0) is 0 Å². The Morgan fingerprint density at radius 1 is 1.21 bits per heavy atom. The lowest BCUT2D eigenvalue weighted by atomic mass is 10.4. The van der Waals surface area contributed by atoms with Crippen molar-refractivity contribution in [2.45, 2.75) is 20.3 Å². The third kappa shape index (κ3) is 4.18. The third-order valence-electron chi connectivity index (χ3n) is 1.88. The van der Waals surface area contributed by atoms with Gasteiger partial charge in [0.1, 0.15) is 5.82 Å². The molecule has 0 fully saturated rings. The number of aromatic nitrogens is 2. The first kappa shape index (κ1) is 10.9. The van der Waals surface area contributed by atoms with Crippen LogP contribution in [0.5, 0.6) is 0 Å². The van der Waals surface area contributed by atoms with E-state index in [-0.39, 0.29) is 0 Å². The molecule has 0 aliphatic carbocycles. The molecule has 78 valence electrons. The number of hydrogen-bond donors (Lipinski definition) is 2. The van der Waals surface area contributed by atoms with Crippen molar-refractivity contribution in [3.8, 4) is 0 Å². The van der Waals surface area contributed by atoms with Crippen LogP contribution in [0.4, 0.5) is 5.82 Å². The van der Waals surface area contributed by atoms with Crippen molar-refractivity contribution in [1.29, 1.82) is 0 Å². The number of nitrogens with zero attached hydrogens (tertiary/aromatic N) is 2. The summed E-state index contributed by atoms with van der Waals surface area (Å²) in [6, 6.07) is 3.91. The summed E-state index contributed by atoms with van der Waals surface area (Å²) in [7, 11) is 0. The number of rotatable bonds is 6. The molecule has 4 heteroatoms. The molecule has 14 heavy (non-hydrogen) atoms. The molecule has 0 aliphatic rings. The van der Waals surface area contributed by atoms with Crippen LogP contribution in [0.2, 0.25) is 0 Å². The zero-order chi connectivity index (χ0) is 10.2. The van der Waals surface area contributed by atoms with Gasteiger partial charge in [-0.15, -0.1) is 5.10 Å². The van der Waals surface area contributed by atoms with Gasteiger partial charge in [0.2, 0.25) is 0 Å². The average molecular weight is 194 g/mol. The molecule has 1 aromatic rings. The summed E-state index contributed by atoms with van der Waals surface area (Å²) in [5.74, 6) is 0.854. The van der Waals surface area contributed by atoms with Crippen LogP contribution in [0, 0.1) is 6.92 Å². The normalized spacial score (nSPS) is 10.1. The number of anilines is 1. The van der Waals surface area contributed by atoms with Gasteiger partial charge in [0.05, 0.1) is 5.69 Å². The molecule has 4 nitrogen and oxygen atoms in total. The van der Waals surface area contributed by atoms with Gasteiger partial charge in [0, 0.05) is 6.54 Å². The van der Waals surface area contributed by atoms with Crippen LogP contribution < -0.4 is 10.6 Å². The zero-order valence-electron chi connectivity index (χ0n) is 8.88. The Hall–Kier alpha value is -1.16. The highest BCUT2D eigenvalue weighted by molar-refractivity contribution is 5.32. The highest BCUT2D eigenvalue weighted by atomic mass is 15.2. The minimum Gasteiger partial charge on any atom is -0.369 e. The molecule has 0 aromatic carbocycles. The van der Waals surface area contributed by atoms with Crippen molar-refractivity contribution < 1.29 is 0 Å². The second-order valence-electron chi connectivity index (χ2n) is 3.19. The summed E-state index contributed by atoms with van der Waals surface area (Å²) < 4.78 is 0. The third-order valence-corrected chi connectivity index (χ3v) is 1.88. The Morgan fingerprint density at radius 3 is 2.71 bits per heavy atom. The van der Waals surface area contributed by atoms with E-state index >= 15 is 0 Å². The SMILES string of the molecule is CCNCCCNc1ccc(C)nn1. The molecule has 0 spiro atoms. The van der Waals surface area contributed by atoms with Crippen LogP contribution in [0.3, 0.4) is 0 Å². The number of aryl methyl sites for hydroxylation is 1. The molecule has 0 saturated carbocycles. The molecule has 0 radical (unpaired) electrons. The van der Waals surface area contributed by atoms with Gasteiger partial charge in [0.15, 0.2) is 0 Å². The van der Waals surface area contributed by atoms with Gasteiger partial charge in [-0.05, 0) is 38.6 Å². The Kier molecular flexibility index (Phi) is 4.93. The van der Waals surface area contributed by atoms with E-state index < -0.39 is 0 Å². The molecule has 0 unspecified atom stereocenters. The molecule has 0 aliphatic heterocycles. The van der Waals surface area contributed by atoms with Crippen molar-refractivity contribution in [3.63, 3.8) is 0 Å². The molecule has 2 N–H and O–H groups in total. The minimum atomic E-state index is 0.854. The predicted molar refractivity (Wildman–Crippen MR) is 58.4 cm³/mol. The maximum atomic E-state index is 4.01. The Balaban J connectivity index is 2.15. The van der Waals surface area contributed by atoms with E-state index in [0.717, 1.165) is 37.6 Å². The van der Waals surface area contributed by atoms with Gasteiger partial charge in [-0.3, -0.25) is 0 Å².